The fourth-order valence-corrected chi connectivity index (χ4v) is 4.66. The summed E-state index contributed by atoms with van der Waals surface area (Å²) >= 11 is 0. The Morgan fingerprint density at radius 3 is 2.50 bits per heavy atom. The average Bonchev–Trinajstić information content (AvgIpc) is 2.72. The van der Waals surface area contributed by atoms with Gasteiger partial charge in [0.15, 0.2) is 0 Å². The van der Waals surface area contributed by atoms with Crippen molar-refractivity contribution in [1.29, 1.82) is 0 Å². The molecule has 6 nitrogen and oxygen atoms in total. The van der Waals surface area contributed by atoms with Crippen molar-refractivity contribution in [3.8, 4) is 5.75 Å². The maximum atomic E-state index is 12.4. The van der Waals surface area contributed by atoms with Crippen LogP contribution in [0.1, 0.15) is 12.0 Å². The van der Waals surface area contributed by atoms with Gasteiger partial charge in [-0.1, -0.05) is 24.3 Å². The van der Waals surface area contributed by atoms with E-state index >= 15 is 0 Å². The summed E-state index contributed by atoms with van der Waals surface area (Å²) in [7, 11) is -1.73. The number of benzene rings is 2. The van der Waals surface area contributed by atoms with Crippen LogP contribution in [0.4, 0.5) is 5.69 Å². The molecule has 0 unspecified atom stereocenters. The Morgan fingerprint density at radius 2 is 1.79 bits per heavy atom. The van der Waals surface area contributed by atoms with Gasteiger partial charge in [-0.05, 0) is 49.7 Å². The highest BCUT2D eigenvalue weighted by Gasteiger charge is 2.19. The molecule has 0 saturated carbocycles. The van der Waals surface area contributed by atoms with Crippen molar-refractivity contribution in [1.82, 2.24) is 9.62 Å². The Bertz CT molecular complexity index is 878. The van der Waals surface area contributed by atoms with Gasteiger partial charge in [0, 0.05) is 32.7 Å². The van der Waals surface area contributed by atoms with E-state index in [1.807, 2.05) is 31.2 Å². The number of nitrogens with one attached hydrogen (secondary N) is 1. The lowest BCUT2D eigenvalue weighted by atomic mass is 10.2. The third-order valence-corrected chi connectivity index (χ3v) is 6.50. The van der Waals surface area contributed by atoms with Gasteiger partial charge in [-0.2, -0.15) is 0 Å². The van der Waals surface area contributed by atoms with E-state index in [1.54, 1.807) is 25.3 Å². The standard InChI is InChI=1S/C21H29N3O3S/c1-18-7-5-8-19(17-18)28(25,26)22-11-6-12-23-13-15-24(16-14-23)20-9-3-4-10-21(20)27-2/h3-5,7-10,17,22H,6,11-16H2,1-2H3. The quantitative estimate of drug-likeness (QED) is 0.686. The zero-order valence-corrected chi connectivity index (χ0v) is 17.4. The lowest BCUT2D eigenvalue weighted by molar-refractivity contribution is 0.254. The zero-order valence-electron chi connectivity index (χ0n) is 16.6. The molecule has 1 saturated heterocycles. The summed E-state index contributed by atoms with van der Waals surface area (Å²) in [6.07, 6.45) is 0.791. The molecule has 3 rings (SSSR count). The molecule has 0 radical (unpaired) electrons. The molecule has 0 atom stereocenters. The molecule has 152 valence electrons. The van der Waals surface area contributed by atoms with Crippen LogP contribution < -0.4 is 14.4 Å². The van der Waals surface area contributed by atoms with Crippen molar-refractivity contribution in [3.05, 3.63) is 54.1 Å². The van der Waals surface area contributed by atoms with Crippen LogP contribution in [0.15, 0.2) is 53.4 Å². The lowest BCUT2D eigenvalue weighted by Gasteiger charge is -2.36. The normalized spacial score (nSPS) is 15.6. The number of nitrogens with zero attached hydrogens (tertiary/aromatic N) is 2. The predicted molar refractivity (Wildman–Crippen MR) is 113 cm³/mol. The Balaban J connectivity index is 1.42. The number of anilines is 1. The minimum Gasteiger partial charge on any atom is -0.495 e. The number of ether oxygens (including phenoxy) is 1. The van der Waals surface area contributed by atoms with Gasteiger partial charge in [-0.3, -0.25) is 4.90 Å². The van der Waals surface area contributed by atoms with Gasteiger partial charge in [-0.15, -0.1) is 0 Å². The fourth-order valence-electron chi connectivity index (χ4n) is 3.48. The van der Waals surface area contributed by atoms with Gasteiger partial charge >= 0.3 is 0 Å². The van der Waals surface area contributed by atoms with Crippen molar-refractivity contribution in [2.24, 2.45) is 0 Å². The Labute approximate surface area is 168 Å². The first kappa shape index (κ1) is 20.6. The molecular weight excluding hydrogens is 374 g/mol. The second-order valence-corrected chi connectivity index (χ2v) is 8.84. The first-order chi connectivity index (χ1) is 13.5. The molecule has 2 aromatic rings. The molecule has 1 aliphatic heterocycles. The van der Waals surface area contributed by atoms with E-state index in [2.05, 4.69) is 20.6 Å². The third-order valence-electron chi connectivity index (χ3n) is 5.04. The van der Waals surface area contributed by atoms with Crippen molar-refractivity contribution in [2.75, 3.05) is 51.3 Å². The monoisotopic (exact) mass is 403 g/mol. The molecule has 2 aromatic carbocycles. The van der Waals surface area contributed by atoms with Crippen molar-refractivity contribution < 1.29 is 13.2 Å². The molecule has 0 bridgehead atoms. The highest BCUT2D eigenvalue weighted by molar-refractivity contribution is 7.89. The van der Waals surface area contributed by atoms with Crippen molar-refractivity contribution in [2.45, 2.75) is 18.2 Å². The molecule has 1 N–H and O–H groups in total. The highest BCUT2D eigenvalue weighted by Crippen LogP contribution is 2.28. The molecule has 1 heterocycles. The summed E-state index contributed by atoms with van der Waals surface area (Å²) in [6, 6.07) is 15.1. The smallest absolute Gasteiger partial charge is 0.240 e. The summed E-state index contributed by atoms with van der Waals surface area (Å²) in [5, 5.41) is 0. The van der Waals surface area contributed by atoms with Gasteiger partial charge in [0.2, 0.25) is 10.0 Å². The summed E-state index contributed by atoms with van der Waals surface area (Å²) in [4.78, 5) is 5.06. The number of para-hydroxylation sites is 2. The molecule has 0 amide bonds. The van der Waals surface area contributed by atoms with Crippen LogP contribution >= 0.6 is 0 Å². The van der Waals surface area contributed by atoms with Crippen LogP contribution in [0.5, 0.6) is 5.75 Å². The average molecular weight is 404 g/mol. The molecule has 28 heavy (non-hydrogen) atoms. The van der Waals surface area contributed by atoms with Crippen LogP contribution in [0.3, 0.4) is 0 Å². The van der Waals surface area contributed by atoms with Gasteiger partial charge in [0.1, 0.15) is 5.75 Å². The van der Waals surface area contributed by atoms with Gasteiger partial charge in [-0.25, -0.2) is 13.1 Å². The molecular formula is C21H29N3O3S. The first-order valence-electron chi connectivity index (χ1n) is 9.66. The SMILES string of the molecule is COc1ccccc1N1CCN(CCCNS(=O)(=O)c2cccc(C)c2)CC1. The van der Waals surface area contributed by atoms with Crippen LogP contribution in [0, 0.1) is 6.92 Å². The van der Waals surface area contributed by atoms with Gasteiger partial charge in [0.05, 0.1) is 17.7 Å². The van der Waals surface area contributed by atoms with Crippen LogP contribution in [-0.4, -0.2) is 59.7 Å². The van der Waals surface area contributed by atoms with Crippen molar-refractivity contribution in [3.63, 3.8) is 0 Å². The van der Waals surface area contributed by atoms with Gasteiger partial charge < -0.3 is 9.64 Å². The topological polar surface area (TPSA) is 61.9 Å². The Morgan fingerprint density at radius 1 is 1.04 bits per heavy atom. The van der Waals surface area contributed by atoms with E-state index in [4.69, 9.17) is 4.74 Å². The number of piperazine rings is 1. The van der Waals surface area contributed by atoms with E-state index in [0.29, 0.717) is 11.4 Å². The summed E-state index contributed by atoms with van der Waals surface area (Å²) in [6.45, 7) is 7.03. The second kappa shape index (κ2) is 9.41. The number of aryl methyl sites for hydroxylation is 1. The summed E-state index contributed by atoms with van der Waals surface area (Å²) in [5.74, 6) is 0.904. The molecule has 0 aromatic heterocycles. The number of hydrogen-bond acceptors (Lipinski definition) is 5. The zero-order chi connectivity index (χ0) is 20.0. The van der Waals surface area contributed by atoms with E-state index in [0.717, 1.165) is 56.1 Å². The minimum absolute atomic E-state index is 0.331. The lowest BCUT2D eigenvalue weighted by Crippen LogP contribution is -2.47. The molecule has 1 fully saturated rings. The van der Waals surface area contributed by atoms with E-state index in [-0.39, 0.29) is 0 Å². The van der Waals surface area contributed by atoms with Crippen LogP contribution in [0.25, 0.3) is 0 Å². The number of rotatable bonds is 8. The fraction of sp³-hybridized carbons (Fsp3) is 0.429. The number of sulfonamides is 1. The number of hydrogen-bond donors (Lipinski definition) is 1. The first-order valence-corrected chi connectivity index (χ1v) is 11.1. The predicted octanol–water partition coefficient (Wildman–Crippen LogP) is 2.49. The molecule has 0 aliphatic carbocycles. The molecule has 7 heteroatoms. The van der Waals surface area contributed by atoms with Crippen molar-refractivity contribution >= 4 is 15.7 Å². The molecule has 1 aliphatic rings. The Hall–Kier alpha value is -2.09. The summed E-state index contributed by atoms with van der Waals surface area (Å²) in [5.41, 5.74) is 2.08. The number of methoxy groups -OCH3 is 1. The van der Waals surface area contributed by atoms with E-state index in [1.165, 1.54) is 0 Å². The highest BCUT2D eigenvalue weighted by atomic mass is 32.2. The molecule has 0 spiro atoms. The third kappa shape index (κ3) is 5.25. The van der Waals surface area contributed by atoms with Gasteiger partial charge in [0.25, 0.3) is 0 Å². The second-order valence-electron chi connectivity index (χ2n) is 7.07. The van der Waals surface area contributed by atoms with Crippen LogP contribution in [-0.2, 0) is 10.0 Å². The maximum Gasteiger partial charge on any atom is 0.240 e. The summed E-state index contributed by atoms with van der Waals surface area (Å²) < 4.78 is 32.9. The van der Waals surface area contributed by atoms with E-state index in [9.17, 15) is 8.42 Å². The minimum atomic E-state index is -3.43. The largest absolute Gasteiger partial charge is 0.495 e. The Kier molecular flexibility index (Phi) is 6.93. The maximum absolute atomic E-state index is 12.4. The van der Waals surface area contributed by atoms with E-state index < -0.39 is 10.0 Å². The van der Waals surface area contributed by atoms with Crippen LogP contribution in [0.2, 0.25) is 0 Å².